The fraction of sp³-hybridized carbons (Fsp3) is 0.300. The van der Waals surface area contributed by atoms with Gasteiger partial charge in [0.1, 0.15) is 5.75 Å². The average Bonchev–Trinajstić information content (AvgIpc) is 2.01. The molecule has 2 nitrogen and oxygen atoms in total. The van der Waals surface area contributed by atoms with Gasteiger partial charge in [0.2, 0.25) is 0 Å². The Morgan fingerprint density at radius 2 is 2.00 bits per heavy atom. The van der Waals surface area contributed by atoms with Crippen LogP contribution in [-0.2, 0) is 0 Å². The smallest absolute Gasteiger partial charge is 0.267 e. The lowest BCUT2D eigenvalue weighted by Crippen LogP contribution is -1.97. The highest BCUT2D eigenvalue weighted by atomic mass is 19.3. The van der Waals surface area contributed by atoms with Crippen molar-refractivity contribution in [3.63, 3.8) is 0 Å². The van der Waals surface area contributed by atoms with Crippen molar-refractivity contribution < 1.29 is 18.7 Å². The maximum Gasteiger partial charge on any atom is 0.267 e. The van der Waals surface area contributed by atoms with E-state index in [1.165, 1.54) is 19.9 Å². The Hall–Kier alpha value is -1.45. The number of alkyl halides is 2. The molecule has 0 saturated carbocycles. The largest absolute Gasteiger partial charge is 0.507 e. The molecule has 0 fully saturated rings. The van der Waals surface area contributed by atoms with E-state index >= 15 is 0 Å². The van der Waals surface area contributed by atoms with Gasteiger partial charge >= 0.3 is 0 Å². The molecule has 76 valence electrons. The van der Waals surface area contributed by atoms with E-state index in [4.69, 9.17) is 0 Å². The van der Waals surface area contributed by atoms with Crippen LogP contribution in [0.5, 0.6) is 5.75 Å². The molecule has 0 aromatic heterocycles. The number of halogens is 2. The minimum atomic E-state index is -2.73. The van der Waals surface area contributed by atoms with Crippen molar-refractivity contribution in [2.75, 3.05) is 0 Å². The number of aryl methyl sites for hydroxylation is 1. The zero-order chi connectivity index (χ0) is 10.9. The summed E-state index contributed by atoms with van der Waals surface area (Å²) in [5.41, 5.74) is 0.0598. The van der Waals surface area contributed by atoms with Crippen LogP contribution in [0.25, 0.3) is 0 Å². The van der Waals surface area contributed by atoms with Crippen molar-refractivity contribution in [1.29, 1.82) is 0 Å². The van der Waals surface area contributed by atoms with Crippen molar-refractivity contribution >= 4 is 5.78 Å². The highest BCUT2D eigenvalue weighted by molar-refractivity contribution is 5.94. The zero-order valence-electron chi connectivity index (χ0n) is 7.84. The SMILES string of the molecule is CC(=O)c1cc(C)c(C(F)F)c(O)c1. The van der Waals surface area contributed by atoms with E-state index in [0.29, 0.717) is 0 Å². The molecule has 0 unspecified atom stereocenters. The highest BCUT2D eigenvalue weighted by Gasteiger charge is 2.17. The molecule has 1 aromatic carbocycles. The van der Waals surface area contributed by atoms with E-state index in [1.54, 1.807) is 0 Å². The number of hydrogen-bond donors (Lipinski definition) is 1. The van der Waals surface area contributed by atoms with E-state index in [-0.39, 0.29) is 16.9 Å². The third-order valence-corrected chi connectivity index (χ3v) is 1.99. The van der Waals surface area contributed by atoms with Crippen LogP contribution < -0.4 is 0 Å². The first-order valence-electron chi connectivity index (χ1n) is 4.06. The lowest BCUT2D eigenvalue weighted by atomic mass is 10.0. The first-order valence-corrected chi connectivity index (χ1v) is 4.06. The van der Waals surface area contributed by atoms with Crippen LogP contribution in [-0.4, -0.2) is 10.9 Å². The predicted octanol–water partition coefficient (Wildman–Crippen LogP) is 2.84. The molecule has 0 atom stereocenters. The third-order valence-electron chi connectivity index (χ3n) is 1.99. The Bertz CT molecular complexity index is 349. The van der Waals surface area contributed by atoms with Gasteiger partial charge in [-0.25, -0.2) is 8.78 Å². The Morgan fingerprint density at radius 3 is 2.36 bits per heavy atom. The number of benzene rings is 1. The van der Waals surface area contributed by atoms with Crippen molar-refractivity contribution in [2.45, 2.75) is 20.3 Å². The molecule has 0 spiro atoms. The van der Waals surface area contributed by atoms with Gasteiger partial charge in [-0.15, -0.1) is 0 Å². The number of rotatable bonds is 2. The number of carbonyl (C=O) groups is 1. The molecule has 1 N–H and O–H groups in total. The van der Waals surface area contributed by atoms with E-state index in [9.17, 15) is 18.7 Å². The van der Waals surface area contributed by atoms with Gasteiger partial charge < -0.3 is 5.11 Å². The summed E-state index contributed by atoms with van der Waals surface area (Å²) in [6, 6.07) is 2.42. The van der Waals surface area contributed by atoms with Crippen LogP contribution in [0.15, 0.2) is 12.1 Å². The molecule has 0 amide bonds. The number of ketones is 1. The molecule has 1 rings (SSSR count). The fourth-order valence-electron chi connectivity index (χ4n) is 1.27. The standard InChI is InChI=1S/C10H10F2O2/c1-5-3-7(6(2)13)4-8(14)9(5)10(11)12/h3-4,10,14H,1-2H3. The summed E-state index contributed by atoms with van der Waals surface area (Å²) in [5.74, 6) is -0.783. The van der Waals surface area contributed by atoms with Crippen LogP contribution in [0.3, 0.4) is 0 Å². The second-order valence-corrected chi connectivity index (χ2v) is 3.08. The lowest BCUT2D eigenvalue weighted by Gasteiger charge is -2.08. The van der Waals surface area contributed by atoms with Crippen molar-refractivity contribution in [3.05, 3.63) is 28.8 Å². The first-order chi connectivity index (χ1) is 6.43. The van der Waals surface area contributed by atoms with Gasteiger partial charge in [0.15, 0.2) is 5.78 Å². The van der Waals surface area contributed by atoms with Gasteiger partial charge in [-0.1, -0.05) is 0 Å². The fourth-order valence-corrected chi connectivity index (χ4v) is 1.27. The van der Waals surface area contributed by atoms with Gasteiger partial charge in [-0.2, -0.15) is 0 Å². The van der Waals surface area contributed by atoms with E-state index in [1.807, 2.05) is 0 Å². The number of Topliss-reactive ketones (excluding diaryl/α,β-unsaturated/α-hetero) is 1. The third kappa shape index (κ3) is 1.89. The van der Waals surface area contributed by atoms with Gasteiger partial charge in [0, 0.05) is 5.56 Å². The molecule has 0 aliphatic rings. The van der Waals surface area contributed by atoms with Crippen LogP contribution in [0.2, 0.25) is 0 Å². The second-order valence-electron chi connectivity index (χ2n) is 3.08. The summed E-state index contributed by atoms with van der Waals surface area (Å²) < 4.78 is 24.8. The van der Waals surface area contributed by atoms with Crippen LogP contribution in [0.4, 0.5) is 8.78 Å². The Labute approximate surface area is 80.2 Å². The molecule has 0 aliphatic heterocycles. The van der Waals surface area contributed by atoms with E-state index < -0.39 is 17.7 Å². The number of carbonyl (C=O) groups excluding carboxylic acids is 1. The Balaban J connectivity index is 3.32. The number of aromatic hydroxyl groups is 1. The average molecular weight is 200 g/mol. The monoisotopic (exact) mass is 200 g/mol. The van der Waals surface area contributed by atoms with Crippen molar-refractivity contribution in [3.8, 4) is 5.75 Å². The van der Waals surface area contributed by atoms with Crippen molar-refractivity contribution in [2.24, 2.45) is 0 Å². The minimum Gasteiger partial charge on any atom is -0.507 e. The molecule has 4 heteroatoms. The predicted molar refractivity (Wildman–Crippen MR) is 47.8 cm³/mol. The van der Waals surface area contributed by atoms with Crippen molar-refractivity contribution in [1.82, 2.24) is 0 Å². The lowest BCUT2D eigenvalue weighted by molar-refractivity contribution is 0.101. The molecule has 14 heavy (non-hydrogen) atoms. The van der Waals surface area contributed by atoms with Gasteiger partial charge in [0.25, 0.3) is 6.43 Å². The Kier molecular flexibility index (Phi) is 2.84. The van der Waals surface area contributed by atoms with Crippen LogP contribution in [0, 0.1) is 6.92 Å². The minimum absolute atomic E-state index is 0.227. The molecule has 0 radical (unpaired) electrons. The van der Waals surface area contributed by atoms with E-state index in [2.05, 4.69) is 0 Å². The number of hydrogen-bond acceptors (Lipinski definition) is 2. The molecular weight excluding hydrogens is 190 g/mol. The summed E-state index contributed by atoms with van der Waals surface area (Å²) in [4.78, 5) is 10.9. The highest BCUT2D eigenvalue weighted by Crippen LogP contribution is 2.32. The van der Waals surface area contributed by atoms with Crippen LogP contribution in [0.1, 0.15) is 34.8 Å². The van der Waals surface area contributed by atoms with E-state index in [0.717, 1.165) is 6.07 Å². The first kappa shape index (κ1) is 10.6. The quantitative estimate of drug-likeness (QED) is 0.745. The molecular formula is C10H10F2O2. The Morgan fingerprint density at radius 1 is 1.43 bits per heavy atom. The van der Waals surface area contributed by atoms with Gasteiger partial charge in [0.05, 0.1) is 5.56 Å². The second kappa shape index (κ2) is 3.74. The summed E-state index contributed by atoms with van der Waals surface area (Å²) in [6.07, 6.45) is -2.73. The molecule has 0 heterocycles. The van der Waals surface area contributed by atoms with Gasteiger partial charge in [-0.05, 0) is 31.5 Å². The summed E-state index contributed by atoms with van der Waals surface area (Å²) in [5, 5.41) is 9.26. The summed E-state index contributed by atoms with van der Waals surface area (Å²) in [6.45, 7) is 2.75. The van der Waals surface area contributed by atoms with Gasteiger partial charge in [-0.3, -0.25) is 4.79 Å². The number of phenolic OH excluding ortho intramolecular Hbond substituents is 1. The number of phenols is 1. The maximum atomic E-state index is 12.4. The molecule has 0 bridgehead atoms. The molecule has 0 saturated heterocycles. The normalized spacial score (nSPS) is 10.6. The zero-order valence-corrected chi connectivity index (χ0v) is 7.84. The summed E-state index contributed by atoms with van der Waals surface area (Å²) >= 11 is 0. The van der Waals surface area contributed by atoms with Crippen LogP contribution >= 0.6 is 0 Å². The topological polar surface area (TPSA) is 37.3 Å². The summed E-state index contributed by atoms with van der Waals surface area (Å²) in [7, 11) is 0. The molecule has 1 aromatic rings. The maximum absolute atomic E-state index is 12.4. The molecule has 0 aliphatic carbocycles.